The van der Waals surface area contributed by atoms with Crippen molar-refractivity contribution in [1.29, 1.82) is 0 Å². The summed E-state index contributed by atoms with van der Waals surface area (Å²) in [5.74, 6) is 0.366. The van der Waals surface area contributed by atoms with E-state index >= 15 is 0 Å². The fourth-order valence-electron chi connectivity index (χ4n) is 2.39. The number of nitrogens with two attached hydrogens (primary N) is 1. The van der Waals surface area contributed by atoms with Crippen molar-refractivity contribution in [2.75, 3.05) is 12.3 Å². The number of nitrogens with one attached hydrogen (secondary N) is 1. The van der Waals surface area contributed by atoms with Crippen LogP contribution in [0, 0.1) is 5.92 Å². The summed E-state index contributed by atoms with van der Waals surface area (Å²) in [6.07, 6.45) is 1.93. The van der Waals surface area contributed by atoms with E-state index in [1.807, 2.05) is 6.07 Å². The SMILES string of the molecule is CCC(CC)CNS(=O)(=O)c1cccc2cc(N)ccc12. The number of hydrogen-bond acceptors (Lipinski definition) is 3. The Hall–Kier alpha value is -1.59. The lowest BCUT2D eigenvalue weighted by atomic mass is 10.0. The van der Waals surface area contributed by atoms with Crippen LogP contribution in [0.1, 0.15) is 26.7 Å². The largest absolute Gasteiger partial charge is 0.399 e. The van der Waals surface area contributed by atoms with E-state index < -0.39 is 10.0 Å². The lowest BCUT2D eigenvalue weighted by molar-refractivity contribution is 0.479. The maximum absolute atomic E-state index is 12.5. The van der Waals surface area contributed by atoms with E-state index in [1.165, 1.54) is 0 Å². The van der Waals surface area contributed by atoms with Gasteiger partial charge in [-0.3, -0.25) is 0 Å². The second kappa shape index (κ2) is 6.45. The normalized spacial score (nSPS) is 12.1. The highest BCUT2D eigenvalue weighted by Crippen LogP contribution is 2.25. The molecule has 0 saturated carbocycles. The van der Waals surface area contributed by atoms with Gasteiger partial charge in [0, 0.05) is 17.6 Å². The zero-order valence-corrected chi connectivity index (χ0v) is 13.3. The van der Waals surface area contributed by atoms with E-state index in [0.29, 0.717) is 28.4 Å². The van der Waals surface area contributed by atoms with Crippen molar-refractivity contribution >= 4 is 26.5 Å². The molecular weight excluding hydrogens is 284 g/mol. The first kappa shape index (κ1) is 15.8. The average molecular weight is 306 g/mol. The van der Waals surface area contributed by atoms with E-state index in [2.05, 4.69) is 18.6 Å². The lowest BCUT2D eigenvalue weighted by Gasteiger charge is -2.14. The van der Waals surface area contributed by atoms with Gasteiger partial charge in [0.15, 0.2) is 0 Å². The highest BCUT2D eigenvalue weighted by atomic mass is 32.2. The minimum absolute atomic E-state index is 0.311. The molecule has 2 aromatic carbocycles. The maximum Gasteiger partial charge on any atom is 0.241 e. The minimum atomic E-state index is -3.51. The quantitative estimate of drug-likeness (QED) is 0.805. The van der Waals surface area contributed by atoms with Crippen LogP contribution in [0.4, 0.5) is 5.69 Å². The van der Waals surface area contributed by atoms with E-state index in [1.54, 1.807) is 30.3 Å². The first-order valence-electron chi connectivity index (χ1n) is 7.25. The summed E-state index contributed by atoms with van der Waals surface area (Å²) >= 11 is 0. The first-order chi connectivity index (χ1) is 9.97. The highest BCUT2D eigenvalue weighted by Gasteiger charge is 2.18. The van der Waals surface area contributed by atoms with Gasteiger partial charge < -0.3 is 5.73 Å². The Labute approximate surface area is 126 Å². The topological polar surface area (TPSA) is 72.2 Å². The van der Waals surface area contributed by atoms with Crippen molar-refractivity contribution in [3.05, 3.63) is 36.4 Å². The Bertz CT molecular complexity index is 722. The summed E-state index contributed by atoms with van der Waals surface area (Å²) in [6, 6.07) is 10.5. The molecule has 0 aromatic heterocycles. The molecule has 3 N–H and O–H groups in total. The molecule has 114 valence electrons. The summed E-state index contributed by atoms with van der Waals surface area (Å²) in [6.45, 7) is 4.62. The molecule has 0 heterocycles. The van der Waals surface area contributed by atoms with Gasteiger partial charge in [0.25, 0.3) is 0 Å². The average Bonchev–Trinajstić information content (AvgIpc) is 2.47. The molecule has 5 heteroatoms. The Morgan fingerprint density at radius 3 is 2.52 bits per heavy atom. The molecule has 0 saturated heterocycles. The number of nitrogen functional groups attached to an aromatic ring is 1. The molecule has 0 atom stereocenters. The number of hydrogen-bond donors (Lipinski definition) is 2. The van der Waals surface area contributed by atoms with E-state index in [4.69, 9.17) is 5.73 Å². The molecule has 0 unspecified atom stereocenters. The van der Waals surface area contributed by atoms with Crippen LogP contribution in [0.25, 0.3) is 10.8 Å². The van der Waals surface area contributed by atoms with Gasteiger partial charge in [0.05, 0.1) is 4.90 Å². The minimum Gasteiger partial charge on any atom is -0.399 e. The van der Waals surface area contributed by atoms with E-state index in [9.17, 15) is 8.42 Å². The van der Waals surface area contributed by atoms with Gasteiger partial charge in [0.1, 0.15) is 0 Å². The summed E-state index contributed by atoms with van der Waals surface area (Å²) in [5.41, 5.74) is 6.38. The highest BCUT2D eigenvalue weighted by molar-refractivity contribution is 7.89. The number of fused-ring (bicyclic) bond motifs is 1. The van der Waals surface area contributed by atoms with Crippen molar-refractivity contribution < 1.29 is 8.42 Å². The van der Waals surface area contributed by atoms with Crippen LogP contribution < -0.4 is 10.5 Å². The lowest BCUT2D eigenvalue weighted by Crippen LogP contribution is -2.29. The van der Waals surface area contributed by atoms with Gasteiger partial charge in [-0.05, 0) is 29.5 Å². The Morgan fingerprint density at radius 1 is 1.14 bits per heavy atom. The van der Waals surface area contributed by atoms with Crippen molar-refractivity contribution in [2.45, 2.75) is 31.6 Å². The second-order valence-corrected chi connectivity index (χ2v) is 7.01. The Kier molecular flexibility index (Phi) is 4.85. The molecule has 0 bridgehead atoms. The summed E-state index contributed by atoms with van der Waals surface area (Å²) in [7, 11) is -3.51. The predicted molar refractivity (Wildman–Crippen MR) is 87.6 cm³/mol. The third-order valence-electron chi connectivity index (χ3n) is 3.87. The van der Waals surface area contributed by atoms with Crippen LogP contribution >= 0.6 is 0 Å². The molecular formula is C16H22N2O2S. The van der Waals surface area contributed by atoms with Gasteiger partial charge in [-0.1, -0.05) is 44.9 Å². The standard InChI is InChI=1S/C16H22N2O2S/c1-3-12(4-2)11-18-21(19,20)16-7-5-6-13-10-14(17)8-9-15(13)16/h5-10,12,18H,3-4,11,17H2,1-2H3. The van der Waals surface area contributed by atoms with E-state index in [-0.39, 0.29) is 0 Å². The van der Waals surface area contributed by atoms with Crippen molar-refractivity contribution in [3.63, 3.8) is 0 Å². The summed E-state index contributed by atoms with van der Waals surface area (Å²) < 4.78 is 27.8. The van der Waals surface area contributed by atoms with Gasteiger partial charge in [-0.15, -0.1) is 0 Å². The molecule has 0 spiro atoms. The smallest absolute Gasteiger partial charge is 0.241 e. The molecule has 0 aliphatic heterocycles. The molecule has 2 rings (SSSR count). The van der Waals surface area contributed by atoms with Crippen LogP contribution in [0.15, 0.2) is 41.3 Å². The van der Waals surface area contributed by atoms with Crippen LogP contribution in [0.5, 0.6) is 0 Å². The van der Waals surface area contributed by atoms with Crippen LogP contribution in [0.2, 0.25) is 0 Å². The summed E-state index contributed by atoms with van der Waals surface area (Å²) in [5, 5.41) is 1.53. The fraction of sp³-hybridized carbons (Fsp3) is 0.375. The maximum atomic E-state index is 12.5. The van der Waals surface area contributed by atoms with Crippen LogP contribution in [0.3, 0.4) is 0 Å². The monoisotopic (exact) mass is 306 g/mol. The molecule has 0 aliphatic rings. The van der Waals surface area contributed by atoms with Crippen molar-refractivity contribution in [1.82, 2.24) is 4.72 Å². The molecule has 0 aliphatic carbocycles. The molecule has 0 radical (unpaired) electrons. The molecule has 0 fully saturated rings. The van der Waals surface area contributed by atoms with Gasteiger partial charge in [-0.25, -0.2) is 13.1 Å². The van der Waals surface area contributed by atoms with Crippen molar-refractivity contribution in [3.8, 4) is 0 Å². The summed E-state index contributed by atoms with van der Waals surface area (Å²) in [4.78, 5) is 0.311. The Balaban J connectivity index is 2.36. The van der Waals surface area contributed by atoms with Gasteiger partial charge >= 0.3 is 0 Å². The van der Waals surface area contributed by atoms with Crippen LogP contribution in [-0.4, -0.2) is 15.0 Å². The molecule has 21 heavy (non-hydrogen) atoms. The predicted octanol–water partition coefficient (Wildman–Crippen LogP) is 3.14. The van der Waals surface area contributed by atoms with Crippen LogP contribution in [-0.2, 0) is 10.0 Å². The zero-order chi connectivity index (χ0) is 15.5. The second-order valence-electron chi connectivity index (χ2n) is 5.27. The Morgan fingerprint density at radius 2 is 1.86 bits per heavy atom. The number of anilines is 1. The molecule has 4 nitrogen and oxygen atoms in total. The zero-order valence-electron chi connectivity index (χ0n) is 12.5. The van der Waals surface area contributed by atoms with E-state index in [0.717, 1.165) is 18.2 Å². The third kappa shape index (κ3) is 3.54. The van der Waals surface area contributed by atoms with Gasteiger partial charge in [0.2, 0.25) is 10.0 Å². The molecule has 2 aromatic rings. The fourth-order valence-corrected chi connectivity index (χ4v) is 3.73. The first-order valence-corrected chi connectivity index (χ1v) is 8.74. The van der Waals surface area contributed by atoms with Gasteiger partial charge in [-0.2, -0.15) is 0 Å². The number of benzene rings is 2. The number of sulfonamides is 1. The molecule has 0 amide bonds. The van der Waals surface area contributed by atoms with Crippen molar-refractivity contribution in [2.24, 2.45) is 5.92 Å². The number of rotatable bonds is 6. The third-order valence-corrected chi connectivity index (χ3v) is 5.35.